The molecular weight excluding hydrogens is 288 g/mol. The summed E-state index contributed by atoms with van der Waals surface area (Å²) in [6.45, 7) is 9.23. The SMILES string of the molecule is C=C[C@@H](CC)[C@H](O)[C@@H](C)COS(=O)(=O)c1ccc(C)cc1. The number of rotatable bonds is 8. The van der Waals surface area contributed by atoms with Gasteiger partial charge in [0.15, 0.2) is 0 Å². The van der Waals surface area contributed by atoms with Crippen molar-refractivity contribution in [1.82, 2.24) is 0 Å². The second-order valence-corrected chi connectivity index (χ2v) is 6.94. The summed E-state index contributed by atoms with van der Waals surface area (Å²) in [7, 11) is -3.78. The van der Waals surface area contributed by atoms with E-state index in [9.17, 15) is 13.5 Å². The molecule has 0 saturated carbocycles. The van der Waals surface area contributed by atoms with Gasteiger partial charge in [-0.3, -0.25) is 4.18 Å². The predicted molar refractivity (Wildman–Crippen MR) is 83.5 cm³/mol. The van der Waals surface area contributed by atoms with Crippen LogP contribution < -0.4 is 0 Å². The topological polar surface area (TPSA) is 63.6 Å². The van der Waals surface area contributed by atoms with Gasteiger partial charge in [-0.2, -0.15) is 8.42 Å². The first kappa shape index (κ1) is 17.9. The zero-order valence-corrected chi connectivity index (χ0v) is 13.6. The Hall–Kier alpha value is -1.17. The van der Waals surface area contributed by atoms with Gasteiger partial charge < -0.3 is 5.11 Å². The molecule has 0 aliphatic rings. The molecule has 3 atom stereocenters. The molecule has 1 rings (SSSR count). The minimum atomic E-state index is -3.78. The molecule has 0 aromatic heterocycles. The molecule has 118 valence electrons. The summed E-state index contributed by atoms with van der Waals surface area (Å²) in [6.07, 6.45) is 1.77. The molecule has 0 spiro atoms. The number of hydrogen-bond donors (Lipinski definition) is 1. The summed E-state index contributed by atoms with van der Waals surface area (Å²) < 4.78 is 29.2. The van der Waals surface area contributed by atoms with Crippen LogP contribution in [0.1, 0.15) is 25.8 Å². The molecule has 1 aromatic carbocycles. The molecule has 21 heavy (non-hydrogen) atoms. The van der Waals surface area contributed by atoms with Gasteiger partial charge in [0, 0.05) is 11.8 Å². The van der Waals surface area contributed by atoms with Crippen LogP contribution >= 0.6 is 0 Å². The van der Waals surface area contributed by atoms with Crippen molar-refractivity contribution in [2.24, 2.45) is 11.8 Å². The zero-order chi connectivity index (χ0) is 16.0. The van der Waals surface area contributed by atoms with E-state index in [0.29, 0.717) is 0 Å². The van der Waals surface area contributed by atoms with Crippen LogP contribution in [0, 0.1) is 18.8 Å². The molecule has 0 fully saturated rings. The molecule has 0 heterocycles. The van der Waals surface area contributed by atoms with Crippen LogP contribution in [0.3, 0.4) is 0 Å². The van der Waals surface area contributed by atoms with Crippen LogP contribution in [-0.4, -0.2) is 26.2 Å². The van der Waals surface area contributed by atoms with Gasteiger partial charge in [-0.25, -0.2) is 0 Å². The van der Waals surface area contributed by atoms with E-state index in [1.54, 1.807) is 25.1 Å². The van der Waals surface area contributed by atoms with Crippen LogP contribution in [0.5, 0.6) is 0 Å². The Bertz CT molecular complexity index is 548. The largest absolute Gasteiger partial charge is 0.392 e. The van der Waals surface area contributed by atoms with E-state index >= 15 is 0 Å². The highest BCUT2D eigenvalue weighted by molar-refractivity contribution is 7.86. The minimum Gasteiger partial charge on any atom is -0.392 e. The van der Waals surface area contributed by atoms with Gasteiger partial charge in [0.2, 0.25) is 0 Å². The summed E-state index contributed by atoms with van der Waals surface area (Å²) >= 11 is 0. The van der Waals surface area contributed by atoms with Crippen LogP contribution in [0.4, 0.5) is 0 Å². The Kier molecular flexibility index (Phi) is 6.58. The lowest BCUT2D eigenvalue weighted by molar-refractivity contribution is 0.0521. The molecule has 0 bridgehead atoms. The van der Waals surface area contributed by atoms with Gasteiger partial charge in [0.1, 0.15) is 0 Å². The molecule has 1 N–H and O–H groups in total. The van der Waals surface area contributed by atoms with Gasteiger partial charge in [0.25, 0.3) is 10.1 Å². The van der Waals surface area contributed by atoms with Gasteiger partial charge in [0.05, 0.1) is 17.6 Å². The molecule has 0 amide bonds. The molecule has 4 nitrogen and oxygen atoms in total. The lowest BCUT2D eigenvalue weighted by atomic mass is 9.91. The fourth-order valence-electron chi connectivity index (χ4n) is 2.04. The van der Waals surface area contributed by atoms with Crippen molar-refractivity contribution in [2.45, 2.75) is 38.2 Å². The third kappa shape index (κ3) is 4.95. The Labute approximate surface area is 127 Å². The maximum Gasteiger partial charge on any atom is 0.296 e. The molecule has 1 aromatic rings. The van der Waals surface area contributed by atoms with E-state index < -0.39 is 16.2 Å². The van der Waals surface area contributed by atoms with Crippen molar-refractivity contribution in [1.29, 1.82) is 0 Å². The monoisotopic (exact) mass is 312 g/mol. The summed E-state index contributed by atoms with van der Waals surface area (Å²) in [5.74, 6) is -0.362. The first-order valence-electron chi connectivity index (χ1n) is 7.08. The average Bonchev–Trinajstić information content (AvgIpc) is 2.46. The van der Waals surface area contributed by atoms with E-state index in [-0.39, 0.29) is 23.3 Å². The van der Waals surface area contributed by atoms with E-state index in [1.807, 2.05) is 13.8 Å². The molecule has 5 heteroatoms. The maximum atomic E-state index is 12.1. The number of aliphatic hydroxyl groups is 1. The lowest BCUT2D eigenvalue weighted by Gasteiger charge is -2.24. The fraction of sp³-hybridized carbons (Fsp3) is 0.500. The minimum absolute atomic E-state index is 0.0539. The Balaban J connectivity index is 2.69. The zero-order valence-electron chi connectivity index (χ0n) is 12.8. The number of aryl methyl sites for hydroxylation is 1. The standard InChI is InChI=1S/C16H24O4S/c1-5-14(6-2)16(17)13(4)11-20-21(18,19)15-9-7-12(3)8-10-15/h5,7-10,13-14,16-17H,1,6,11H2,2-4H3/t13-,14-,16+/m0/s1. The van der Waals surface area contributed by atoms with Gasteiger partial charge in [-0.15, -0.1) is 6.58 Å². The van der Waals surface area contributed by atoms with Crippen LogP contribution in [-0.2, 0) is 14.3 Å². The first-order chi connectivity index (χ1) is 9.81. The van der Waals surface area contributed by atoms with Crippen molar-refractivity contribution in [3.05, 3.63) is 42.5 Å². The van der Waals surface area contributed by atoms with Crippen molar-refractivity contribution < 1.29 is 17.7 Å². The summed E-state index contributed by atoms with van der Waals surface area (Å²) in [5, 5.41) is 10.1. The first-order valence-corrected chi connectivity index (χ1v) is 8.49. The smallest absolute Gasteiger partial charge is 0.296 e. The average molecular weight is 312 g/mol. The van der Waals surface area contributed by atoms with Crippen LogP contribution in [0.2, 0.25) is 0 Å². The molecule has 0 aliphatic heterocycles. The lowest BCUT2D eigenvalue weighted by Crippen LogP contribution is -2.29. The third-order valence-electron chi connectivity index (χ3n) is 3.59. The molecule has 0 saturated heterocycles. The molecule has 0 unspecified atom stereocenters. The van der Waals surface area contributed by atoms with Gasteiger partial charge in [-0.1, -0.05) is 37.6 Å². The van der Waals surface area contributed by atoms with E-state index in [1.165, 1.54) is 12.1 Å². The van der Waals surface area contributed by atoms with Gasteiger partial charge >= 0.3 is 0 Å². The Morgan fingerprint density at radius 3 is 2.38 bits per heavy atom. The summed E-state index contributed by atoms with van der Waals surface area (Å²) in [4.78, 5) is 0.130. The highest BCUT2D eigenvalue weighted by Crippen LogP contribution is 2.20. The summed E-state index contributed by atoms with van der Waals surface area (Å²) in [5.41, 5.74) is 0.981. The van der Waals surface area contributed by atoms with Gasteiger partial charge in [-0.05, 0) is 25.5 Å². The Morgan fingerprint density at radius 1 is 1.33 bits per heavy atom. The van der Waals surface area contributed by atoms with Crippen LogP contribution in [0.25, 0.3) is 0 Å². The Morgan fingerprint density at radius 2 is 1.90 bits per heavy atom. The van der Waals surface area contributed by atoms with E-state index in [2.05, 4.69) is 6.58 Å². The van der Waals surface area contributed by atoms with E-state index in [0.717, 1.165) is 12.0 Å². The number of aliphatic hydroxyl groups excluding tert-OH is 1. The highest BCUT2D eigenvalue weighted by atomic mass is 32.2. The second-order valence-electron chi connectivity index (χ2n) is 5.33. The quantitative estimate of drug-likeness (QED) is 0.592. The predicted octanol–water partition coefficient (Wildman–Crippen LogP) is 2.91. The van der Waals surface area contributed by atoms with Crippen molar-refractivity contribution in [3.63, 3.8) is 0 Å². The highest BCUT2D eigenvalue weighted by Gasteiger charge is 2.24. The maximum absolute atomic E-state index is 12.1. The molecular formula is C16H24O4S. The number of benzene rings is 1. The van der Waals surface area contributed by atoms with E-state index in [4.69, 9.17) is 4.18 Å². The fourth-order valence-corrected chi connectivity index (χ4v) is 3.04. The third-order valence-corrected chi connectivity index (χ3v) is 4.89. The molecule has 0 aliphatic carbocycles. The van der Waals surface area contributed by atoms with Crippen molar-refractivity contribution in [3.8, 4) is 0 Å². The normalized spacial score (nSPS) is 16.2. The summed E-state index contributed by atoms with van der Waals surface area (Å²) in [6, 6.07) is 6.48. The van der Waals surface area contributed by atoms with Crippen molar-refractivity contribution >= 4 is 10.1 Å². The van der Waals surface area contributed by atoms with Crippen LogP contribution in [0.15, 0.2) is 41.8 Å². The molecule has 0 radical (unpaired) electrons. The van der Waals surface area contributed by atoms with Crippen molar-refractivity contribution in [2.75, 3.05) is 6.61 Å². The number of hydrogen-bond acceptors (Lipinski definition) is 4. The second kappa shape index (κ2) is 7.73.